The zero-order valence-electron chi connectivity index (χ0n) is 14.8. The molecule has 0 aliphatic rings. The third kappa shape index (κ3) is 3.46. The average Bonchev–Trinajstić information content (AvgIpc) is 3.29. The summed E-state index contributed by atoms with van der Waals surface area (Å²) >= 11 is 0. The highest BCUT2D eigenvalue weighted by Crippen LogP contribution is 2.20. The number of ether oxygens (including phenoxy) is 1. The summed E-state index contributed by atoms with van der Waals surface area (Å²) in [7, 11) is 0. The molecule has 2 aromatic carbocycles. The van der Waals surface area contributed by atoms with Gasteiger partial charge in [-0.25, -0.2) is 4.98 Å². The quantitative estimate of drug-likeness (QED) is 0.413. The van der Waals surface area contributed by atoms with Gasteiger partial charge in [-0.1, -0.05) is 30.3 Å². The van der Waals surface area contributed by atoms with Crippen molar-refractivity contribution in [3.05, 3.63) is 66.2 Å². The van der Waals surface area contributed by atoms with Gasteiger partial charge in [0, 0.05) is 29.1 Å². The second-order valence-electron chi connectivity index (χ2n) is 6.32. The van der Waals surface area contributed by atoms with Crippen LogP contribution in [-0.4, -0.2) is 27.8 Å². The number of aryl methyl sites for hydroxylation is 1. The number of benzene rings is 2. The zero-order chi connectivity index (χ0) is 18.8. The molecule has 0 aliphatic heterocycles. The van der Waals surface area contributed by atoms with Crippen molar-refractivity contribution < 1.29 is 18.7 Å². The van der Waals surface area contributed by atoms with Crippen molar-refractivity contribution in [3.8, 4) is 0 Å². The van der Waals surface area contributed by atoms with Crippen LogP contribution in [0.2, 0.25) is 0 Å². The van der Waals surface area contributed by atoms with Crippen molar-refractivity contribution in [1.82, 2.24) is 9.97 Å². The summed E-state index contributed by atoms with van der Waals surface area (Å²) < 4.78 is 10.9. The van der Waals surface area contributed by atoms with E-state index in [0.29, 0.717) is 23.5 Å². The lowest BCUT2D eigenvalue weighted by Gasteiger charge is -2.11. The number of H-pyrrole nitrogens is 1. The van der Waals surface area contributed by atoms with Gasteiger partial charge in [-0.15, -0.1) is 0 Å². The number of carbonyl (C=O) groups is 2. The first-order chi connectivity index (χ1) is 13.1. The summed E-state index contributed by atoms with van der Waals surface area (Å²) in [6.45, 7) is 1.58. The molecule has 0 unspecified atom stereocenters. The van der Waals surface area contributed by atoms with Gasteiger partial charge in [0.1, 0.15) is 5.52 Å². The second-order valence-corrected chi connectivity index (χ2v) is 6.32. The van der Waals surface area contributed by atoms with Gasteiger partial charge in [-0.05, 0) is 25.1 Å². The first kappa shape index (κ1) is 17.0. The van der Waals surface area contributed by atoms with Crippen LogP contribution in [0.25, 0.3) is 22.0 Å². The lowest BCUT2D eigenvalue weighted by molar-refractivity contribution is -0.146. The van der Waals surface area contributed by atoms with Crippen LogP contribution in [0.4, 0.5) is 0 Å². The summed E-state index contributed by atoms with van der Waals surface area (Å²) in [5.41, 5.74) is 2.83. The van der Waals surface area contributed by atoms with Crippen molar-refractivity contribution in [3.63, 3.8) is 0 Å². The number of para-hydroxylation sites is 3. The Balaban J connectivity index is 1.37. The normalized spacial score (nSPS) is 12.3. The van der Waals surface area contributed by atoms with Crippen molar-refractivity contribution in [2.24, 2.45) is 0 Å². The van der Waals surface area contributed by atoms with Gasteiger partial charge < -0.3 is 14.1 Å². The molecule has 6 heteroatoms. The summed E-state index contributed by atoms with van der Waals surface area (Å²) in [4.78, 5) is 32.1. The number of aromatic nitrogens is 2. The molecule has 0 spiro atoms. The van der Waals surface area contributed by atoms with Gasteiger partial charge in [-0.3, -0.25) is 9.59 Å². The van der Waals surface area contributed by atoms with E-state index in [1.54, 1.807) is 13.1 Å². The van der Waals surface area contributed by atoms with E-state index in [4.69, 9.17) is 9.15 Å². The Morgan fingerprint density at radius 2 is 1.93 bits per heavy atom. The van der Waals surface area contributed by atoms with Crippen LogP contribution in [0, 0.1) is 0 Å². The number of esters is 1. The van der Waals surface area contributed by atoms with Gasteiger partial charge in [0.05, 0.1) is 6.42 Å². The topological polar surface area (TPSA) is 85.2 Å². The third-order valence-electron chi connectivity index (χ3n) is 4.41. The van der Waals surface area contributed by atoms with Gasteiger partial charge >= 0.3 is 5.97 Å². The summed E-state index contributed by atoms with van der Waals surface area (Å²) in [6.07, 6.45) is 1.20. The Bertz CT molecular complexity index is 1090. The molecular weight excluding hydrogens is 344 g/mol. The molecule has 6 nitrogen and oxygen atoms in total. The van der Waals surface area contributed by atoms with Crippen LogP contribution in [0.15, 0.2) is 59.1 Å². The Labute approximate surface area is 155 Å². The number of hydrogen-bond acceptors (Lipinski definition) is 5. The maximum Gasteiger partial charge on any atom is 0.307 e. The number of nitrogens with zero attached hydrogens (tertiary/aromatic N) is 1. The van der Waals surface area contributed by atoms with E-state index >= 15 is 0 Å². The number of nitrogens with one attached hydrogen (secondary N) is 1. The monoisotopic (exact) mass is 362 g/mol. The van der Waals surface area contributed by atoms with Crippen molar-refractivity contribution in [1.29, 1.82) is 0 Å². The van der Waals surface area contributed by atoms with Gasteiger partial charge in [0.2, 0.25) is 5.78 Å². The van der Waals surface area contributed by atoms with Crippen molar-refractivity contribution in [2.75, 3.05) is 0 Å². The fraction of sp³-hybridized carbons (Fsp3) is 0.190. The predicted octanol–water partition coefficient (Wildman–Crippen LogP) is 4.06. The average molecular weight is 362 g/mol. The molecule has 2 heterocycles. The summed E-state index contributed by atoms with van der Waals surface area (Å²) in [5.74, 6) is -0.218. The van der Waals surface area contributed by atoms with E-state index in [9.17, 15) is 9.59 Å². The first-order valence-electron chi connectivity index (χ1n) is 8.76. The maximum absolute atomic E-state index is 12.6. The molecule has 1 atom stereocenters. The lowest BCUT2D eigenvalue weighted by Crippen LogP contribution is -2.24. The van der Waals surface area contributed by atoms with Crippen LogP contribution < -0.4 is 0 Å². The number of hydrogen-bond donors (Lipinski definition) is 1. The van der Waals surface area contributed by atoms with Crippen LogP contribution >= 0.6 is 0 Å². The highest BCUT2D eigenvalue weighted by atomic mass is 16.5. The van der Waals surface area contributed by atoms with E-state index in [1.807, 2.05) is 48.5 Å². The molecule has 27 heavy (non-hydrogen) atoms. The predicted molar refractivity (Wildman–Crippen MR) is 101 cm³/mol. The Morgan fingerprint density at radius 1 is 1.15 bits per heavy atom. The molecule has 0 saturated carbocycles. The molecular formula is C21H18N2O4. The number of aromatic amines is 1. The van der Waals surface area contributed by atoms with Crippen molar-refractivity contribution >= 4 is 33.8 Å². The number of fused-ring (bicyclic) bond motifs is 2. The maximum atomic E-state index is 12.6. The van der Waals surface area contributed by atoms with E-state index in [-0.39, 0.29) is 12.2 Å². The number of rotatable bonds is 6. The lowest BCUT2D eigenvalue weighted by atomic mass is 10.1. The van der Waals surface area contributed by atoms with E-state index in [1.165, 1.54) is 0 Å². The highest BCUT2D eigenvalue weighted by Gasteiger charge is 2.22. The molecule has 0 fully saturated rings. The van der Waals surface area contributed by atoms with E-state index in [0.717, 1.165) is 16.4 Å². The van der Waals surface area contributed by atoms with Crippen molar-refractivity contribution in [2.45, 2.75) is 25.9 Å². The number of oxazole rings is 1. The molecule has 0 radical (unpaired) electrons. The summed E-state index contributed by atoms with van der Waals surface area (Å²) in [5, 5.41) is 0.817. The smallest absolute Gasteiger partial charge is 0.307 e. The number of ketones is 1. The van der Waals surface area contributed by atoms with Crippen LogP contribution in [-0.2, 0) is 16.0 Å². The minimum absolute atomic E-state index is 0.0956. The standard InChI is InChI=1S/C21H18N2O4/c1-13(21(25)15-12-22-16-7-3-2-6-14(15)16)26-20(24)11-10-19-23-17-8-4-5-9-18(17)27-19/h2-9,12-13,22H,10-11H2,1H3/t13-/m0/s1. The van der Waals surface area contributed by atoms with Gasteiger partial charge in [-0.2, -0.15) is 0 Å². The number of carbonyl (C=O) groups excluding carboxylic acids is 2. The zero-order valence-corrected chi connectivity index (χ0v) is 14.8. The Morgan fingerprint density at radius 3 is 2.78 bits per heavy atom. The second kappa shape index (κ2) is 7.07. The Kier molecular flexibility index (Phi) is 4.46. The molecule has 4 aromatic rings. The van der Waals surface area contributed by atoms with E-state index in [2.05, 4.69) is 9.97 Å². The molecule has 4 rings (SSSR count). The molecule has 0 saturated heterocycles. The van der Waals surface area contributed by atoms with E-state index < -0.39 is 12.1 Å². The molecule has 136 valence electrons. The molecule has 0 amide bonds. The minimum atomic E-state index is -0.861. The Hall–Kier alpha value is -3.41. The summed E-state index contributed by atoms with van der Waals surface area (Å²) in [6, 6.07) is 14.9. The number of Topliss-reactive ketones (excluding diaryl/α,β-unsaturated/α-hetero) is 1. The fourth-order valence-electron chi connectivity index (χ4n) is 3.04. The molecule has 1 N–H and O–H groups in total. The van der Waals surface area contributed by atoms with Crippen LogP contribution in [0.3, 0.4) is 0 Å². The van der Waals surface area contributed by atoms with Crippen LogP contribution in [0.5, 0.6) is 0 Å². The molecule has 0 aliphatic carbocycles. The molecule has 0 bridgehead atoms. The fourth-order valence-corrected chi connectivity index (χ4v) is 3.04. The van der Waals surface area contributed by atoms with Gasteiger partial charge in [0.15, 0.2) is 17.6 Å². The third-order valence-corrected chi connectivity index (χ3v) is 4.41. The highest BCUT2D eigenvalue weighted by molar-refractivity contribution is 6.10. The SMILES string of the molecule is C[C@H](OC(=O)CCc1nc2ccccc2o1)C(=O)c1c[nH]c2ccccc12. The van der Waals surface area contributed by atoms with Gasteiger partial charge in [0.25, 0.3) is 0 Å². The van der Waals surface area contributed by atoms with Crippen LogP contribution in [0.1, 0.15) is 29.6 Å². The molecule has 2 aromatic heterocycles. The largest absolute Gasteiger partial charge is 0.454 e. The minimum Gasteiger partial charge on any atom is -0.454 e. The first-order valence-corrected chi connectivity index (χ1v) is 8.76.